The van der Waals surface area contributed by atoms with Crippen molar-refractivity contribution in [3.05, 3.63) is 0 Å². The van der Waals surface area contributed by atoms with Crippen LogP contribution in [0.5, 0.6) is 0 Å². The highest BCUT2D eigenvalue weighted by atomic mass is 16.3. The van der Waals surface area contributed by atoms with E-state index in [2.05, 4.69) is 0 Å². The molecule has 0 radical (unpaired) electrons. The quantitative estimate of drug-likeness (QED) is 0.419. The number of aliphatic hydroxyl groups is 3. The SMILES string of the molecule is CN1C2CC(O)CC1C(O)C2O. The van der Waals surface area contributed by atoms with Crippen molar-refractivity contribution in [2.45, 2.75) is 43.2 Å². The van der Waals surface area contributed by atoms with Gasteiger partial charge in [0.15, 0.2) is 0 Å². The molecule has 0 aliphatic carbocycles. The number of hydrogen-bond donors (Lipinski definition) is 3. The van der Waals surface area contributed by atoms with Crippen LogP contribution in [0.1, 0.15) is 12.8 Å². The van der Waals surface area contributed by atoms with Gasteiger partial charge in [-0.3, -0.25) is 4.90 Å². The first-order chi connectivity index (χ1) is 5.61. The molecule has 70 valence electrons. The van der Waals surface area contributed by atoms with Crippen molar-refractivity contribution in [3.63, 3.8) is 0 Å². The molecule has 0 aromatic heterocycles. The second-order valence-corrected chi connectivity index (χ2v) is 3.91. The average Bonchev–Trinajstić information content (AvgIpc) is 2.21. The summed E-state index contributed by atoms with van der Waals surface area (Å²) in [6.45, 7) is 0. The number of fused-ring (bicyclic) bond motifs is 2. The van der Waals surface area contributed by atoms with Gasteiger partial charge in [-0.25, -0.2) is 0 Å². The van der Waals surface area contributed by atoms with Gasteiger partial charge in [-0.1, -0.05) is 0 Å². The number of piperidine rings is 1. The topological polar surface area (TPSA) is 63.9 Å². The van der Waals surface area contributed by atoms with E-state index in [1.165, 1.54) is 0 Å². The van der Waals surface area contributed by atoms with E-state index in [9.17, 15) is 15.3 Å². The Kier molecular flexibility index (Phi) is 1.88. The van der Waals surface area contributed by atoms with Gasteiger partial charge < -0.3 is 15.3 Å². The normalized spacial score (nSPS) is 54.5. The largest absolute Gasteiger partial charge is 0.393 e. The van der Waals surface area contributed by atoms with Crippen LogP contribution in [-0.2, 0) is 0 Å². The Morgan fingerprint density at radius 1 is 1.00 bits per heavy atom. The third-order valence-electron chi connectivity index (χ3n) is 3.21. The van der Waals surface area contributed by atoms with E-state index < -0.39 is 12.2 Å². The second-order valence-electron chi connectivity index (χ2n) is 3.91. The fourth-order valence-electron chi connectivity index (χ4n) is 2.45. The van der Waals surface area contributed by atoms with Gasteiger partial charge in [-0.15, -0.1) is 0 Å². The Morgan fingerprint density at radius 3 is 1.83 bits per heavy atom. The molecule has 2 rings (SSSR count). The predicted octanol–water partition coefficient (Wildman–Crippen LogP) is -1.45. The Labute approximate surface area is 71.4 Å². The Balaban J connectivity index is 2.21. The summed E-state index contributed by atoms with van der Waals surface area (Å²) in [6, 6.07) is -0.123. The van der Waals surface area contributed by atoms with Crippen molar-refractivity contribution < 1.29 is 15.3 Å². The summed E-state index contributed by atoms with van der Waals surface area (Å²) in [5.41, 5.74) is 0. The molecule has 3 N–H and O–H groups in total. The highest BCUT2D eigenvalue weighted by Gasteiger charge is 2.49. The summed E-state index contributed by atoms with van der Waals surface area (Å²) in [7, 11) is 1.89. The Hall–Kier alpha value is -0.160. The fraction of sp³-hybridized carbons (Fsp3) is 1.00. The first-order valence-electron chi connectivity index (χ1n) is 4.37. The molecule has 0 aromatic rings. The van der Waals surface area contributed by atoms with Crippen LogP contribution in [0.15, 0.2) is 0 Å². The summed E-state index contributed by atoms with van der Waals surface area (Å²) >= 11 is 0. The van der Waals surface area contributed by atoms with Crippen molar-refractivity contribution in [2.75, 3.05) is 7.05 Å². The summed E-state index contributed by atoms with van der Waals surface area (Å²) in [5, 5.41) is 28.5. The van der Waals surface area contributed by atoms with Crippen LogP contribution < -0.4 is 0 Å². The molecule has 0 spiro atoms. The van der Waals surface area contributed by atoms with Crippen molar-refractivity contribution in [1.29, 1.82) is 0 Å². The minimum absolute atomic E-state index is 0.0613. The average molecular weight is 173 g/mol. The van der Waals surface area contributed by atoms with Crippen LogP contribution in [0.25, 0.3) is 0 Å². The smallest absolute Gasteiger partial charge is 0.0970 e. The fourth-order valence-corrected chi connectivity index (χ4v) is 2.45. The maximum Gasteiger partial charge on any atom is 0.0970 e. The van der Waals surface area contributed by atoms with Crippen LogP contribution in [0.2, 0.25) is 0 Å². The molecule has 12 heavy (non-hydrogen) atoms. The van der Waals surface area contributed by atoms with E-state index in [0.29, 0.717) is 12.8 Å². The van der Waals surface area contributed by atoms with Crippen LogP contribution >= 0.6 is 0 Å². The molecule has 0 aromatic carbocycles. The molecule has 4 unspecified atom stereocenters. The van der Waals surface area contributed by atoms with Crippen molar-refractivity contribution in [1.82, 2.24) is 4.90 Å². The van der Waals surface area contributed by atoms with Crippen molar-refractivity contribution in [3.8, 4) is 0 Å². The lowest BCUT2D eigenvalue weighted by Gasteiger charge is -2.33. The molecule has 0 amide bonds. The summed E-state index contributed by atoms with van der Waals surface area (Å²) in [6.07, 6.45) is -0.575. The zero-order chi connectivity index (χ0) is 8.88. The number of rotatable bonds is 0. The maximum atomic E-state index is 9.55. The van der Waals surface area contributed by atoms with Crippen LogP contribution in [-0.4, -0.2) is 57.7 Å². The molecule has 2 bridgehead atoms. The monoisotopic (exact) mass is 173 g/mol. The summed E-state index contributed by atoms with van der Waals surface area (Å²) in [5.74, 6) is 0. The first-order valence-corrected chi connectivity index (χ1v) is 4.37. The third kappa shape index (κ3) is 0.992. The van der Waals surface area contributed by atoms with Gasteiger partial charge in [0, 0.05) is 12.1 Å². The lowest BCUT2D eigenvalue weighted by Crippen LogP contribution is -2.44. The molecular formula is C8H15NO3. The highest BCUT2D eigenvalue weighted by Crippen LogP contribution is 2.34. The van der Waals surface area contributed by atoms with Crippen molar-refractivity contribution >= 4 is 0 Å². The van der Waals surface area contributed by atoms with E-state index in [1.807, 2.05) is 11.9 Å². The van der Waals surface area contributed by atoms with Gasteiger partial charge >= 0.3 is 0 Å². The molecule has 2 fully saturated rings. The van der Waals surface area contributed by atoms with E-state index in [0.717, 1.165) is 0 Å². The molecule has 4 atom stereocenters. The van der Waals surface area contributed by atoms with Crippen molar-refractivity contribution in [2.24, 2.45) is 0 Å². The number of hydrogen-bond acceptors (Lipinski definition) is 4. The lowest BCUT2D eigenvalue weighted by molar-refractivity contribution is 0.0279. The van der Waals surface area contributed by atoms with Gasteiger partial charge in [0.1, 0.15) is 0 Å². The van der Waals surface area contributed by atoms with E-state index >= 15 is 0 Å². The maximum absolute atomic E-state index is 9.55. The molecule has 4 nitrogen and oxygen atoms in total. The van der Waals surface area contributed by atoms with E-state index in [4.69, 9.17) is 0 Å². The molecular weight excluding hydrogens is 158 g/mol. The van der Waals surface area contributed by atoms with Gasteiger partial charge in [-0.05, 0) is 19.9 Å². The number of aliphatic hydroxyl groups excluding tert-OH is 3. The minimum Gasteiger partial charge on any atom is -0.393 e. The van der Waals surface area contributed by atoms with Gasteiger partial charge in [0.2, 0.25) is 0 Å². The third-order valence-corrected chi connectivity index (χ3v) is 3.21. The van der Waals surface area contributed by atoms with Crippen LogP contribution in [0.4, 0.5) is 0 Å². The van der Waals surface area contributed by atoms with Crippen LogP contribution in [0.3, 0.4) is 0 Å². The zero-order valence-electron chi connectivity index (χ0n) is 7.09. The first kappa shape index (κ1) is 8.44. The standard InChI is InChI=1S/C8H15NO3/c1-9-5-2-4(10)3-6(9)8(12)7(5)11/h4-8,10-12H,2-3H2,1H3. The Bertz CT molecular complexity index is 161. The summed E-state index contributed by atoms with van der Waals surface area (Å²) in [4.78, 5) is 1.97. The highest BCUT2D eigenvalue weighted by molar-refractivity contribution is 5.04. The predicted molar refractivity (Wildman–Crippen MR) is 42.6 cm³/mol. The number of nitrogens with zero attached hydrogens (tertiary/aromatic N) is 1. The lowest BCUT2D eigenvalue weighted by atomic mass is 10.0. The zero-order valence-corrected chi connectivity index (χ0v) is 7.09. The second kappa shape index (κ2) is 2.67. The van der Waals surface area contributed by atoms with Crippen LogP contribution in [0, 0.1) is 0 Å². The molecule has 2 aliphatic heterocycles. The molecule has 4 heteroatoms. The molecule has 2 aliphatic rings. The minimum atomic E-state index is -0.683. The molecule has 0 saturated carbocycles. The molecule has 2 saturated heterocycles. The molecule has 2 heterocycles. The van der Waals surface area contributed by atoms with Gasteiger partial charge in [0.05, 0.1) is 18.3 Å². The number of likely N-dealkylation sites (N-methyl/N-ethyl adjacent to an activating group) is 1. The van der Waals surface area contributed by atoms with Gasteiger partial charge in [0.25, 0.3) is 0 Å². The van der Waals surface area contributed by atoms with E-state index in [1.54, 1.807) is 0 Å². The Morgan fingerprint density at radius 2 is 1.42 bits per heavy atom. The van der Waals surface area contributed by atoms with Gasteiger partial charge in [-0.2, -0.15) is 0 Å². The van der Waals surface area contributed by atoms with E-state index in [-0.39, 0.29) is 18.2 Å². The summed E-state index contributed by atoms with van der Waals surface area (Å²) < 4.78 is 0.